The number of allylic oxidation sites excluding steroid dienone is 1. The average molecular weight is 779 g/mol. The molecule has 10 atom stereocenters. The molecule has 2 amide bonds. The Morgan fingerprint density at radius 2 is 1.28 bits per heavy atom. The van der Waals surface area contributed by atoms with Crippen LogP contribution in [-0.4, -0.2) is 34.9 Å². The van der Waals surface area contributed by atoms with E-state index in [0.717, 1.165) is 50.5 Å². The molecule has 5 saturated carbocycles. The third kappa shape index (κ3) is 5.88. The van der Waals surface area contributed by atoms with Gasteiger partial charge in [0.15, 0.2) is 0 Å². The van der Waals surface area contributed by atoms with Crippen molar-refractivity contribution in [3.63, 3.8) is 0 Å². The Balaban J connectivity index is 1.14. The fourth-order valence-corrected chi connectivity index (χ4v) is 15.5. The van der Waals surface area contributed by atoms with E-state index in [1.165, 1.54) is 24.3 Å². The molecule has 0 spiro atoms. The fourth-order valence-electron chi connectivity index (χ4n) is 13.5. The molecule has 0 unspecified atom stereocenters. The first-order chi connectivity index (χ1) is 25.2. The van der Waals surface area contributed by atoms with E-state index >= 15 is 0 Å². The third-order valence-electron chi connectivity index (χ3n) is 16.3. The lowest BCUT2D eigenvalue weighted by molar-refractivity contribution is -0.246. The number of carbonyl (C=O) groups is 2. The minimum absolute atomic E-state index is 0.00859. The van der Waals surface area contributed by atoms with Gasteiger partial charge in [-0.05, 0) is 141 Å². The zero-order chi connectivity index (χ0) is 39.1. The second-order valence-corrected chi connectivity index (χ2v) is 22.1. The molecule has 5 aliphatic rings. The first kappa shape index (κ1) is 39.1. The van der Waals surface area contributed by atoms with Crippen LogP contribution in [0.1, 0.15) is 106 Å². The maximum Gasteiger partial charge on any atom is 0.421 e. The molecular weight excluding hydrogens is 721 g/mol. The van der Waals surface area contributed by atoms with E-state index in [1.807, 2.05) is 0 Å². The van der Waals surface area contributed by atoms with Gasteiger partial charge in [-0.15, -0.1) is 0 Å². The highest BCUT2D eigenvalue weighted by molar-refractivity contribution is 7.90. The lowest BCUT2D eigenvalue weighted by Gasteiger charge is -2.72. The highest BCUT2D eigenvalue weighted by Crippen LogP contribution is 2.77. The van der Waals surface area contributed by atoms with Crippen molar-refractivity contribution in [1.82, 2.24) is 9.44 Å². The van der Waals surface area contributed by atoms with Gasteiger partial charge in [0.25, 0.3) is 20.0 Å². The van der Waals surface area contributed by atoms with E-state index in [9.17, 15) is 26.4 Å². The quantitative estimate of drug-likeness (QED) is 0.269. The molecule has 0 saturated heterocycles. The second-order valence-electron chi connectivity index (χ2n) is 18.8. The number of carbonyl (C=O) groups excluding carboxylic acids is 2. The summed E-state index contributed by atoms with van der Waals surface area (Å²) in [6.07, 6.45) is 7.07. The lowest BCUT2D eigenvalue weighted by Crippen LogP contribution is -2.67. The minimum Gasteiger partial charge on any atom is -0.445 e. The van der Waals surface area contributed by atoms with Gasteiger partial charge in [0, 0.05) is 5.41 Å². The molecule has 294 valence electrons. The van der Waals surface area contributed by atoms with Crippen molar-refractivity contribution in [2.45, 2.75) is 122 Å². The Labute approximate surface area is 322 Å². The number of rotatable bonds is 7. The van der Waals surface area contributed by atoms with E-state index < -0.39 is 37.7 Å². The summed E-state index contributed by atoms with van der Waals surface area (Å²) in [6, 6.07) is 16.0. The Morgan fingerprint density at radius 1 is 0.685 bits per heavy atom. The average Bonchev–Trinajstić information content (AvgIpc) is 3.52. The largest absolute Gasteiger partial charge is 0.445 e. The van der Waals surface area contributed by atoms with Gasteiger partial charge in [0.1, 0.15) is 6.10 Å². The van der Waals surface area contributed by atoms with E-state index in [2.05, 4.69) is 57.6 Å². The second kappa shape index (κ2) is 13.2. The highest BCUT2D eigenvalue weighted by Gasteiger charge is 2.72. The Kier molecular flexibility index (Phi) is 9.56. The summed E-state index contributed by atoms with van der Waals surface area (Å²) in [5, 5.41) is 0. The number of hydrogen-bond acceptors (Lipinski definition) is 7. The van der Waals surface area contributed by atoms with Crippen LogP contribution >= 0.6 is 0 Å². The van der Waals surface area contributed by atoms with Crippen LogP contribution in [0.25, 0.3) is 0 Å². The molecule has 2 aromatic rings. The first-order valence-electron chi connectivity index (χ1n) is 19.8. The summed E-state index contributed by atoms with van der Waals surface area (Å²) < 4.78 is 63.4. The molecule has 2 aromatic carbocycles. The van der Waals surface area contributed by atoms with Crippen LogP contribution in [0, 0.1) is 56.7 Å². The van der Waals surface area contributed by atoms with E-state index in [-0.39, 0.29) is 61.0 Å². The summed E-state index contributed by atoms with van der Waals surface area (Å²) in [5.74, 6) is 0.703. The highest BCUT2D eigenvalue weighted by atomic mass is 32.2. The van der Waals surface area contributed by atoms with E-state index in [0.29, 0.717) is 25.2 Å². The van der Waals surface area contributed by atoms with Crippen LogP contribution in [0.5, 0.6) is 0 Å². The molecule has 0 heterocycles. The number of ether oxygens (including phenoxy) is 1. The van der Waals surface area contributed by atoms with Crippen molar-refractivity contribution in [2.24, 2.45) is 56.7 Å². The summed E-state index contributed by atoms with van der Waals surface area (Å²) in [4.78, 5) is 27.7. The van der Waals surface area contributed by atoms with Gasteiger partial charge in [-0.3, -0.25) is 4.79 Å². The smallest absolute Gasteiger partial charge is 0.421 e. The third-order valence-corrected chi connectivity index (χ3v) is 18.9. The van der Waals surface area contributed by atoms with Crippen molar-refractivity contribution >= 4 is 32.0 Å². The van der Waals surface area contributed by atoms with Crippen molar-refractivity contribution in [2.75, 3.05) is 0 Å². The molecule has 9 nitrogen and oxygen atoms in total. The Bertz CT molecular complexity index is 2040. The molecule has 5 fully saturated rings. The van der Waals surface area contributed by atoms with Crippen molar-refractivity contribution in [1.29, 1.82) is 0 Å². The zero-order valence-corrected chi connectivity index (χ0v) is 34.3. The van der Waals surface area contributed by atoms with Gasteiger partial charge in [0.2, 0.25) is 5.91 Å². The van der Waals surface area contributed by atoms with Crippen LogP contribution in [0.4, 0.5) is 4.79 Å². The lowest BCUT2D eigenvalue weighted by atomic mass is 9.32. The molecular formula is C43H58N2O7S2. The molecule has 7 rings (SSSR count). The number of amides is 2. The van der Waals surface area contributed by atoms with Crippen LogP contribution in [0.2, 0.25) is 0 Å². The molecule has 54 heavy (non-hydrogen) atoms. The number of hydrogen-bond donors (Lipinski definition) is 2. The normalized spacial score (nSPS) is 38.4. The van der Waals surface area contributed by atoms with Gasteiger partial charge in [-0.2, -0.15) is 0 Å². The molecule has 2 N–H and O–H groups in total. The van der Waals surface area contributed by atoms with E-state index in [1.54, 1.807) is 36.4 Å². The van der Waals surface area contributed by atoms with Crippen molar-refractivity contribution < 1.29 is 31.2 Å². The summed E-state index contributed by atoms with van der Waals surface area (Å²) in [7, 11) is -8.08. The van der Waals surface area contributed by atoms with Crippen molar-refractivity contribution in [3.8, 4) is 0 Å². The molecule has 5 aliphatic carbocycles. The topological polar surface area (TPSA) is 136 Å². The predicted octanol–water partition coefficient (Wildman–Crippen LogP) is 8.63. The maximum atomic E-state index is 14.5. The first-order valence-corrected chi connectivity index (χ1v) is 22.8. The SMILES string of the molecule is C=C(C)[C@@H]1CC[C@]2(C(=O)NS(=O)(=O)c3ccccc3)CC[C@]3(C)[C@H](CC[C@@H]4[C@@]5(C)CC[C@H](OC(=O)NS(=O)(=O)c6ccccc6)C(C)(C)[C@@H]5CC[C@]43C)[C@@H]12. The van der Waals surface area contributed by atoms with Gasteiger partial charge in [0.05, 0.1) is 15.2 Å². The van der Waals surface area contributed by atoms with Crippen LogP contribution in [0.15, 0.2) is 82.6 Å². The minimum atomic E-state index is -4.06. The maximum absolute atomic E-state index is 14.5. The van der Waals surface area contributed by atoms with Gasteiger partial charge in [-0.1, -0.05) is 83.2 Å². The van der Waals surface area contributed by atoms with Crippen LogP contribution in [-0.2, 0) is 29.6 Å². The van der Waals surface area contributed by atoms with Gasteiger partial charge in [-0.25, -0.2) is 31.1 Å². The molecule has 0 radical (unpaired) electrons. The van der Waals surface area contributed by atoms with E-state index in [4.69, 9.17) is 4.74 Å². The van der Waals surface area contributed by atoms with Crippen LogP contribution in [0.3, 0.4) is 0 Å². The van der Waals surface area contributed by atoms with Gasteiger partial charge < -0.3 is 4.74 Å². The molecule has 0 bridgehead atoms. The molecule has 0 aromatic heterocycles. The van der Waals surface area contributed by atoms with Crippen molar-refractivity contribution in [3.05, 3.63) is 72.8 Å². The zero-order valence-electron chi connectivity index (χ0n) is 32.7. The van der Waals surface area contributed by atoms with Gasteiger partial charge >= 0.3 is 6.09 Å². The standard InChI is InChI=1S/C43H58N2O7S2/c1-28(2)31-20-25-43(37(46)44-53(48,49)29-14-10-8-11-15-29)27-26-41(6)32(36(31)43)18-19-34-40(5)23-22-35(39(3,4)33(40)21-24-42(34,41)7)52-38(47)45-54(50,51)30-16-12-9-13-17-30/h8-17,31-36H,1,18-27H2,2-7H3,(H,44,46)(H,45,47)/t31-,32+,33-,34+,35-,36+,40-,41+,42+,43-/m0/s1. The summed E-state index contributed by atoms with van der Waals surface area (Å²) in [6.45, 7) is 18.3. The number of nitrogens with one attached hydrogen (secondary N) is 2. The fraction of sp³-hybridized carbons (Fsp3) is 0.628. The summed E-state index contributed by atoms with van der Waals surface area (Å²) >= 11 is 0. The number of fused-ring (bicyclic) bond motifs is 7. The Hall–Kier alpha value is -3.18. The monoisotopic (exact) mass is 778 g/mol. The predicted molar refractivity (Wildman–Crippen MR) is 208 cm³/mol. The molecule has 11 heteroatoms. The molecule has 0 aliphatic heterocycles. The number of benzene rings is 2. The Morgan fingerprint density at radius 3 is 1.87 bits per heavy atom. The van der Waals surface area contributed by atoms with Crippen LogP contribution < -0.4 is 9.44 Å². The number of sulfonamides is 2. The summed E-state index contributed by atoms with van der Waals surface area (Å²) in [5.41, 5.74) is -0.207.